The molecule has 3 rings (SSSR count). The zero-order valence-corrected chi connectivity index (χ0v) is 15.8. The van der Waals surface area contributed by atoms with Crippen molar-refractivity contribution in [3.63, 3.8) is 0 Å². The van der Waals surface area contributed by atoms with Gasteiger partial charge in [0.05, 0.1) is 15.6 Å². The second kappa shape index (κ2) is 8.20. The van der Waals surface area contributed by atoms with Gasteiger partial charge in [-0.1, -0.05) is 48.3 Å². The van der Waals surface area contributed by atoms with Gasteiger partial charge in [-0.3, -0.25) is 10.1 Å². The summed E-state index contributed by atoms with van der Waals surface area (Å²) < 4.78 is 0. The van der Waals surface area contributed by atoms with Crippen LogP contribution >= 0.6 is 23.2 Å². The first-order chi connectivity index (χ1) is 13.0. The molecule has 27 heavy (non-hydrogen) atoms. The van der Waals surface area contributed by atoms with Crippen molar-refractivity contribution in [2.45, 2.75) is 13.3 Å². The van der Waals surface area contributed by atoms with E-state index in [0.29, 0.717) is 15.7 Å². The Morgan fingerprint density at radius 1 is 1.04 bits per heavy atom. The molecule has 1 aromatic heterocycles. The predicted octanol–water partition coefficient (Wildman–Crippen LogP) is 5.74. The molecule has 2 aromatic carbocycles. The van der Waals surface area contributed by atoms with Crippen molar-refractivity contribution in [3.8, 4) is 0 Å². The molecule has 1 heterocycles. The van der Waals surface area contributed by atoms with Crippen molar-refractivity contribution in [2.75, 3.05) is 10.6 Å². The summed E-state index contributed by atoms with van der Waals surface area (Å²) >= 11 is 12.0. The third-order valence-corrected chi connectivity index (χ3v) is 4.39. The van der Waals surface area contributed by atoms with E-state index in [9.17, 15) is 10.1 Å². The van der Waals surface area contributed by atoms with Gasteiger partial charge in [-0.2, -0.15) is 0 Å². The first kappa shape index (κ1) is 18.9. The molecule has 0 bridgehead atoms. The molecule has 0 fully saturated rings. The molecular formula is C18H15Cl2N5O2. The molecule has 0 atom stereocenters. The summed E-state index contributed by atoms with van der Waals surface area (Å²) in [5, 5.41) is 18.4. The van der Waals surface area contributed by atoms with Crippen LogP contribution in [-0.4, -0.2) is 14.9 Å². The van der Waals surface area contributed by atoms with Crippen molar-refractivity contribution in [1.29, 1.82) is 0 Å². The highest BCUT2D eigenvalue weighted by atomic mass is 35.5. The SMILES string of the molecule is CCc1ccccc1Nc1ncnc(Nc2ccc(Cl)cc2Cl)c1[N+](=O)[O-]. The molecule has 3 aromatic rings. The lowest BCUT2D eigenvalue weighted by atomic mass is 10.1. The first-order valence-corrected chi connectivity index (χ1v) is 8.81. The largest absolute Gasteiger partial charge is 0.353 e. The highest BCUT2D eigenvalue weighted by Crippen LogP contribution is 2.35. The lowest BCUT2D eigenvalue weighted by Gasteiger charge is -2.13. The van der Waals surface area contributed by atoms with Gasteiger partial charge < -0.3 is 10.6 Å². The topological polar surface area (TPSA) is 93.0 Å². The summed E-state index contributed by atoms with van der Waals surface area (Å²) in [7, 11) is 0. The number of hydrogen-bond acceptors (Lipinski definition) is 6. The minimum Gasteiger partial charge on any atom is -0.334 e. The van der Waals surface area contributed by atoms with E-state index in [2.05, 4.69) is 20.6 Å². The standard InChI is InChI=1S/C18H15Cl2N5O2/c1-2-11-5-3-4-6-14(11)23-17-16(25(26)27)18(22-10-21-17)24-15-8-7-12(19)9-13(15)20/h3-10H,2H2,1H3,(H2,21,22,23,24). The number of aryl methyl sites for hydroxylation is 1. The van der Waals surface area contributed by atoms with Crippen LogP contribution in [-0.2, 0) is 6.42 Å². The highest BCUT2D eigenvalue weighted by Gasteiger charge is 2.24. The zero-order chi connectivity index (χ0) is 19.4. The van der Waals surface area contributed by atoms with Crippen molar-refractivity contribution in [3.05, 3.63) is 74.5 Å². The maximum absolute atomic E-state index is 11.7. The van der Waals surface area contributed by atoms with Crippen LogP contribution in [0.4, 0.5) is 28.7 Å². The Hall–Kier alpha value is -2.90. The van der Waals surface area contributed by atoms with Gasteiger partial charge in [0, 0.05) is 10.7 Å². The van der Waals surface area contributed by atoms with Crippen LogP contribution < -0.4 is 10.6 Å². The number of benzene rings is 2. The van der Waals surface area contributed by atoms with Crippen LogP contribution in [0.2, 0.25) is 10.0 Å². The van der Waals surface area contributed by atoms with E-state index in [4.69, 9.17) is 23.2 Å². The van der Waals surface area contributed by atoms with Gasteiger partial charge in [0.2, 0.25) is 11.6 Å². The molecule has 2 N–H and O–H groups in total. The van der Waals surface area contributed by atoms with E-state index in [1.165, 1.54) is 12.4 Å². The third-order valence-electron chi connectivity index (χ3n) is 3.84. The van der Waals surface area contributed by atoms with Gasteiger partial charge in [0.1, 0.15) is 6.33 Å². The Morgan fingerprint density at radius 2 is 1.70 bits per heavy atom. The van der Waals surface area contributed by atoms with E-state index in [0.717, 1.165) is 17.7 Å². The maximum atomic E-state index is 11.7. The minimum absolute atomic E-state index is 0.0238. The Morgan fingerprint density at radius 3 is 2.33 bits per heavy atom. The summed E-state index contributed by atoms with van der Waals surface area (Å²) in [5.41, 5.74) is 1.93. The van der Waals surface area contributed by atoms with Gasteiger partial charge in [0.25, 0.3) is 0 Å². The summed E-state index contributed by atoms with van der Waals surface area (Å²) in [6.45, 7) is 2.00. The monoisotopic (exact) mass is 403 g/mol. The molecule has 0 radical (unpaired) electrons. The van der Waals surface area contributed by atoms with E-state index < -0.39 is 4.92 Å². The fourth-order valence-electron chi connectivity index (χ4n) is 2.53. The van der Waals surface area contributed by atoms with Crippen LogP contribution in [0.3, 0.4) is 0 Å². The second-order valence-corrected chi connectivity index (χ2v) is 6.41. The van der Waals surface area contributed by atoms with E-state index in [1.807, 2.05) is 31.2 Å². The Balaban J connectivity index is 2.01. The van der Waals surface area contributed by atoms with Crippen molar-refractivity contribution >= 4 is 51.9 Å². The number of nitrogens with one attached hydrogen (secondary N) is 2. The van der Waals surface area contributed by atoms with E-state index in [1.54, 1.807) is 12.1 Å². The lowest BCUT2D eigenvalue weighted by Crippen LogP contribution is -2.06. The quantitative estimate of drug-likeness (QED) is 0.402. The number of anilines is 4. The summed E-state index contributed by atoms with van der Waals surface area (Å²) in [5.74, 6) is 0.110. The molecular weight excluding hydrogens is 389 g/mol. The molecule has 138 valence electrons. The smallest absolute Gasteiger partial charge is 0.334 e. The van der Waals surface area contributed by atoms with Gasteiger partial charge in [-0.05, 0) is 36.2 Å². The number of nitrogens with zero attached hydrogens (tertiary/aromatic N) is 3. The molecule has 0 saturated heterocycles. The average Bonchev–Trinajstić information content (AvgIpc) is 2.64. The number of rotatable bonds is 6. The lowest BCUT2D eigenvalue weighted by molar-refractivity contribution is -0.383. The van der Waals surface area contributed by atoms with Gasteiger partial charge in [-0.25, -0.2) is 9.97 Å². The maximum Gasteiger partial charge on any atom is 0.353 e. The first-order valence-electron chi connectivity index (χ1n) is 8.06. The predicted molar refractivity (Wildman–Crippen MR) is 108 cm³/mol. The van der Waals surface area contributed by atoms with Crippen LogP contribution in [0, 0.1) is 10.1 Å². The van der Waals surface area contributed by atoms with Crippen molar-refractivity contribution < 1.29 is 4.92 Å². The highest BCUT2D eigenvalue weighted by molar-refractivity contribution is 6.36. The number of halogens is 2. The second-order valence-electron chi connectivity index (χ2n) is 5.56. The Bertz CT molecular complexity index is 997. The molecule has 7 nitrogen and oxygen atoms in total. The number of aromatic nitrogens is 2. The van der Waals surface area contributed by atoms with Gasteiger partial charge in [-0.15, -0.1) is 0 Å². The van der Waals surface area contributed by atoms with Gasteiger partial charge in [0.15, 0.2) is 0 Å². The summed E-state index contributed by atoms with van der Waals surface area (Å²) in [4.78, 5) is 19.2. The zero-order valence-electron chi connectivity index (χ0n) is 14.2. The number of hydrogen-bond donors (Lipinski definition) is 2. The van der Waals surface area contributed by atoms with Crippen molar-refractivity contribution in [2.24, 2.45) is 0 Å². The molecule has 0 saturated carbocycles. The third kappa shape index (κ3) is 4.27. The average molecular weight is 404 g/mol. The van der Waals surface area contributed by atoms with Crippen LogP contribution in [0.25, 0.3) is 0 Å². The Kier molecular flexibility index (Phi) is 5.73. The minimum atomic E-state index is -0.539. The molecule has 0 spiro atoms. The molecule has 0 unspecified atom stereocenters. The fraction of sp³-hybridized carbons (Fsp3) is 0.111. The van der Waals surface area contributed by atoms with E-state index >= 15 is 0 Å². The molecule has 0 aliphatic heterocycles. The normalized spacial score (nSPS) is 10.5. The molecule has 0 aliphatic carbocycles. The summed E-state index contributed by atoms with van der Waals surface area (Å²) in [6, 6.07) is 12.3. The van der Waals surface area contributed by atoms with Crippen LogP contribution in [0.1, 0.15) is 12.5 Å². The summed E-state index contributed by atoms with van der Waals surface area (Å²) in [6.07, 6.45) is 2.02. The number of para-hydroxylation sites is 1. The number of nitro groups is 1. The molecule has 0 amide bonds. The van der Waals surface area contributed by atoms with Crippen LogP contribution in [0.15, 0.2) is 48.8 Å². The van der Waals surface area contributed by atoms with Crippen molar-refractivity contribution in [1.82, 2.24) is 9.97 Å². The fourth-order valence-corrected chi connectivity index (χ4v) is 2.99. The molecule has 0 aliphatic rings. The molecule has 9 heteroatoms. The Labute approximate surface area is 165 Å². The van der Waals surface area contributed by atoms with Crippen LogP contribution in [0.5, 0.6) is 0 Å². The van der Waals surface area contributed by atoms with Gasteiger partial charge >= 0.3 is 5.69 Å². The van der Waals surface area contributed by atoms with E-state index in [-0.39, 0.29) is 17.3 Å².